The fraction of sp³-hybridized carbons (Fsp3) is 0.600. The van der Waals surface area contributed by atoms with Gasteiger partial charge in [-0.2, -0.15) is 4.98 Å². The lowest BCUT2D eigenvalue weighted by molar-refractivity contribution is 0.0303. The first-order valence-electron chi connectivity index (χ1n) is 7.73. The molecule has 2 bridgehead atoms. The van der Waals surface area contributed by atoms with Crippen molar-refractivity contribution < 1.29 is 4.74 Å². The minimum absolute atomic E-state index is 0.374. The first-order chi connectivity index (χ1) is 10.3. The molecule has 2 saturated heterocycles. The van der Waals surface area contributed by atoms with Gasteiger partial charge in [-0.25, -0.2) is 4.98 Å². The quantitative estimate of drug-likeness (QED) is 0.941. The van der Waals surface area contributed by atoms with Crippen LogP contribution in [0.3, 0.4) is 0 Å². The Kier molecular flexibility index (Phi) is 3.43. The zero-order valence-electron chi connectivity index (χ0n) is 12.2. The highest BCUT2D eigenvalue weighted by Gasteiger charge is 2.35. The van der Waals surface area contributed by atoms with Crippen LogP contribution in [0, 0.1) is 0 Å². The summed E-state index contributed by atoms with van der Waals surface area (Å²) in [5.41, 5.74) is 0. The predicted octanol–water partition coefficient (Wildman–Crippen LogP) is 2.88. The zero-order valence-corrected chi connectivity index (χ0v) is 13.0. The molecule has 21 heavy (non-hydrogen) atoms. The van der Waals surface area contributed by atoms with Gasteiger partial charge in [-0.05, 0) is 30.7 Å². The van der Waals surface area contributed by atoms with Gasteiger partial charge in [0.25, 0.3) is 0 Å². The fourth-order valence-electron chi connectivity index (χ4n) is 3.18. The summed E-state index contributed by atoms with van der Waals surface area (Å²) in [7, 11) is 0. The molecule has 0 amide bonds. The molecule has 5 nitrogen and oxygen atoms in total. The van der Waals surface area contributed by atoms with Gasteiger partial charge in [-0.3, -0.25) is 0 Å². The van der Waals surface area contributed by atoms with Crippen LogP contribution in [-0.2, 0) is 4.74 Å². The minimum atomic E-state index is 0.374. The van der Waals surface area contributed by atoms with Gasteiger partial charge in [0.15, 0.2) is 0 Å². The highest BCUT2D eigenvalue weighted by Crippen LogP contribution is 2.34. The summed E-state index contributed by atoms with van der Waals surface area (Å²) in [4.78, 5) is 12.9. The third-order valence-electron chi connectivity index (χ3n) is 4.18. The van der Waals surface area contributed by atoms with Crippen molar-refractivity contribution in [1.82, 2.24) is 9.97 Å². The Balaban J connectivity index is 1.70. The number of nitrogens with zero attached hydrogens (tertiary/aromatic N) is 3. The van der Waals surface area contributed by atoms with Crippen molar-refractivity contribution in [3.8, 4) is 0 Å². The van der Waals surface area contributed by atoms with E-state index in [1.807, 2.05) is 0 Å². The Morgan fingerprint density at radius 2 is 2.14 bits per heavy atom. The molecular weight excluding hydrogens is 284 g/mol. The number of aromatic nitrogens is 2. The van der Waals surface area contributed by atoms with Crippen molar-refractivity contribution in [2.75, 3.05) is 29.9 Å². The van der Waals surface area contributed by atoms with Crippen molar-refractivity contribution in [2.45, 2.75) is 38.4 Å². The first kappa shape index (κ1) is 13.3. The maximum absolute atomic E-state index is 5.94. The van der Waals surface area contributed by atoms with Gasteiger partial charge in [-0.1, -0.05) is 6.92 Å². The SMILES string of the molecule is CCCNc1nc(N2CC3CCC(C2)O3)c2ccsc2n1. The average molecular weight is 304 g/mol. The molecule has 2 aliphatic heterocycles. The second-order valence-corrected chi connectivity index (χ2v) is 6.69. The molecule has 2 aromatic rings. The van der Waals surface area contributed by atoms with Crippen LogP contribution in [0.2, 0.25) is 0 Å². The van der Waals surface area contributed by atoms with E-state index in [2.05, 4.69) is 33.6 Å². The molecule has 4 heterocycles. The topological polar surface area (TPSA) is 50.3 Å². The molecule has 0 aliphatic carbocycles. The van der Waals surface area contributed by atoms with E-state index in [1.54, 1.807) is 11.3 Å². The van der Waals surface area contributed by atoms with Crippen LogP contribution in [0.15, 0.2) is 11.4 Å². The number of fused-ring (bicyclic) bond motifs is 3. The minimum Gasteiger partial charge on any atom is -0.371 e. The van der Waals surface area contributed by atoms with E-state index in [-0.39, 0.29) is 0 Å². The molecule has 1 N–H and O–H groups in total. The van der Waals surface area contributed by atoms with Gasteiger partial charge < -0.3 is 15.0 Å². The summed E-state index contributed by atoms with van der Waals surface area (Å²) in [6.07, 6.45) is 4.18. The van der Waals surface area contributed by atoms with E-state index in [9.17, 15) is 0 Å². The monoisotopic (exact) mass is 304 g/mol. The second kappa shape index (κ2) is 5.42. The number of ether oxygens (including phenoxy) is 1. The summed E-state index contributed by atoms with van der Waals surface area (Å²) in [6, 6.07) is 2.14. The average Bonchev–Trinajstić information content (AvgIpc) is 3.10. The largest absolute Gasteiger partial charge is 0.371 e. The number of hydrogen-bond donors (Lipinski definition) is 1. The zero-order chi connectivity index (χ0) is 14.2. The molecular formula is C15H20N4OS. The van der Waals surface area contributed by atoms with Gasteiger partial charge in [0.2, 0.25) is 5.95 Å². The highest BCUT2D eigenvalue weighted by atomic mass is 32.1. The molecule has 6 heteroatoms. The van der Waals surface area contributed by atoms with Crippen LogP contribution < -0.4 is 10.2 Å². The summed E-state index contributed by atoms with van der Waals surface area (Å²) in [5, 5.41) is 6.59. The van der Waals surface area contributed by atoms with Crippen LogP contribution >= 0.6 is 11.3 Å². The Morgan fingerprint density at radius 3 is 2.90 bits per heavy atom. The Labute approximate surface area is 128 Å². The van der Waals surface area contributed by atoms with E-state index in [0.29, 0.717) is 12.2 Å². The van der Waals surface area contributed by atoms with Gasteiger partial charge in [0.05, 0.1) is 17.6 Å². The Hall–Kier alpha value is -1.40. The normalized spacial score (nSPS) is 24.7. The number of morpholine rings is 1. The van der Waals surface area contributed by atoms with Crippen molar-refractivity contribution in [3.63, 3.8) is 0 Å². The lowest BCUT2D eigenvalue weighted by Gasteiger charge is -2.33. The van der Waals surface area contributed by atoms with Crippen LogP contribution in [0.1, 0.15) is 26.2 Å². The van der Waals surface area contributed by atoms with E-state index < -0.39 is 0 Å². The molecule has 2 aromatic heterocycles. The fourth-order valence-corrected chi connectivity index (χ4v) is 3.94. The predicted molar refractivity (Wildman–Crippen MR) is 86.3 cm³/mol. The number of rotatable bonds is 4. The van der Waals surface area contributed by atoms with Crippen molar-refractivity contribution in [3.05, 3.63) is 11.4 Å². The molecule has 0 saturated carbocycles. The van der Waals surface area contributed by atoms with Gasteiger partial charge in [-0.15, -0.1) is 11.3 Å². The molecule has 112 valence electrons. The number of anilines is 2. The summed E-state index contributed by atoms with van der Waals surface area (Å²) < 4.78 is 5.94. The molecule has 2 fully saturated rings. The number of hydrogen-bond acceptors (Lipinski definition) is 6. The number of thiophene rings is 1. The molecule has 4 rings (SSSR count). The third-order valence-corrected chi connectivity index (χ3v) is 4.99. The molecule has 0 radical (unpaired) electrons. The lowest BCUT2D eigenvalue weighted by Crippen LogP contribution is -2.43. The summed E-state index contributed by atoms with van der Waals surface area (Å²) in [5.74, 6) is 1.82. The molecule has 0 spiro atoms. The molecule has 2 aliphatic rings. The number of nitrogens with one attached hydrogen (secondary N) is 1. The maximum Gasteiger partial charge on any atom is 0.226 e. The summed E-state index contributed by atoms with van der Waals surface area (Å²) in [6.45, 7) is 4.96. The molecule has 0 aromatic carbocycles. The third kappa shape index (κ3) is 2.46. The van der Waals surface area contributed by atoms with Gasteiger partial charge in [0, 0.05) is 19.6 Å². The Morgan fingerprint density at radius 1 is 1.33 bits per heavy atom. The Bertz CT molecular complexity index is 632. The van der Waals surface area contributed by atoms with Gasteiger partial charge >= 0.3 is 0 Å². The van der Waals surface area contributed by atoms with E-state index in [0.717, 1.165) is 42.7 Å². The first-order valence-corrected chi connectivity index (χ1v) is 8.61. The van der Waals surface area contributed by atoms with Crippen LogP contribution in [-0.4, -0.2) is 41.8 Å². The smallest absolute Gasteiger partial charge is 0.226 e. The van der Waals surface area contributed by atoms with Crippen LogP contribution in [0.5, 0.6) is 0 Å². The lowest BCUT2D eigenvalue weighted by atomic mass is 10.2. The van der Waals surface area contributed by atoms with Crippen LogP contribution in [0.4, 0.5) is 11.8 Å². The molecule has 2 atom stereocenters. The second-order valence-electron chi connectivity index (χ2n) is 5.80. The highest BCUT2D eigenvalue weighted by molar-refractivity contribution is 7.16. The van der Waals surface area contributed by atoms with E-state index in [4.69, 9.17) is 9.72 Å². The standard InChI is InChI=1S/C15H20N4OS/c1-2-6-16-15-17-13(12-5-7-21-14(12)18-15)19-8-10-3-4-11(9-19)20-10/h5,7,10-11H,2-4,6,8-9H2,1H3,(H,16,17,18). The van der Waals surface area contributed by atoms with Crippen molar-refractivity contribution in [1.29, 1.82) is 0 Å². The van der Waals surface area contributed by atoms with Gasteiger partial charge in [0.1, 0.15) is 10.6 Å². The summed E-state index contributed by atoms with van der Waals surface area (Å²) >= 11 is 1.68. The van der Waals surface area contributed by atoms with Crippen molar-refractivity contribution in [2.24, 2.45) is 0 Å². The van der Waals surface area contributed by atoms with E-state index in [1.165, 1.54) is 18.2 Å². The maximum atomic E-state index is 5.94. The van der Waals surface area contributed by atoms with Crippen LogP contribution in [0.25, 0.3) is 10.2 Å². The van der Waals surface area contributed by atoms with Crippen molar-refractivity contribution >= 4 is 33.3 Å². The van der Waals surface area contributed by atoms with E-state index >= 15 is 0 Å². The molecule has 2 unspecified atom stereocenters.